The van der Waals surface area contributed by atoms with Crippen LogP contribution in [-0.2, 0) is 0 Å². The van der Waals surface area contributed by atoms with Gasteiger partial charge in [0.25, 0.3) is 0 Å². The molecule has 0 saturated carbocycles. The molecule has 1 unspecified atom stereocenters. The Labute approximate surface area is 113 Å². The second kappa shape index (κ2) is 5.57. The van der Waals surface area contributed by atoms with Crippen LogP contribution in [0.5, 0.6) is 0 Å². The Morgan fingerprint density at radius 3 is 2.67 bits per heavy atom. The monoisotopic (exact) mass is 262 g/mol. The third-order valence-electron chi connectivity index (χ3n) is 3.21. The highest BCUT2D eigenvalue weighted by molar-refractivity contribution is 6.18. The smallest absolute Gasteiger partial charge is 0.129 e. The largest absolute Gasteiger partial charge is 0.366 e. The first kappa shape index (κ1) is 13.2. The number of hydrogen-bond donors (Lipinski definition) is 1. The van der Waals surface area contributed by atoms with Gasteiger partial charge in [-0.15, -0.1) is 11.6 Å². The van der Waals surface area contributed by atoms with E-state index >= 15 is 0 Å². The van der Waals surface area contributed by atoms with Crippen molar-refractivity contribution >= 4 is 28.3 Å². The number of aryl methyl sites for hydroxylation is 1. The molecule has 1 heterocycles. The van der Waals surface area contributed by atoms with Crippen molar-refractivity contribution in [3.05, 3.63) is 35.9 Å². The molecule has 0 radical (unpaired) electrons. The molecule has 0 amide bonds. The molecule has 1 atom stereocenters. The first-order valence-electron chi connectivity index (χ1n) is 6.30. The minimum Gasteiger partial charge on any atom is -0.366 e. The molecule has 1 aromatic carbocycles. The van der Waals surface area contributed by atoms with E-state index in [-0.39, 0.29) is 6.04 Å². The van der Waals surface area contributed by atoms with Gasteiger partial charge in [0, 0.05) is 17.3 Å². The van der Waals surface area contributed by atoms with Gasteiger partial charge in [-0.1, -0.05) is 32.0 Å². The van der Waals surface area contributed by atoms with Crippen molar-refractivity contribution in [1.82, 2.24) is 4.98 Å². The molecule has 2 rings (SSSR count). The summed E-state index contributed by atoms with van der Waals surface area (Å²) in [5.41, 5.74) is 2.17. The van der Waals surface area contributed by atoms with Crippen LogP contribution >= 0.6 is 11.6 Å². The molecule has 1 aromatic heterocycles. The number of halogens is 1. The molecule has 2 aromatic rings. The maximum absolute atomic E-state index is 5.99. The molecule has 0 fully saturated rings. The van der Waals surface area contributed by atoms with Crippen molar-refractivity contribution in [2.45, 2.75) is 26.8 Å². The molecular formula is C15H19ClN2. The average Bonchev–Trinajstić information content (AvgIpc) is 2.35. The minimum absolute atomic E-state index is 0.249. The van der Waals surface area contributed by atoms with E-state index in [4.69, 9.17) is 11.6 Å². The van der Waals surface area contributed by atoms with Crippen LogP contribution in [0, 0.1) is 12.8 Å². The van der Waals surface area contributed by atoms with Crippen molar-refractivity contribution < 1.29 is 0 Å². The SMILES string of the molecule is Cc1cc2ccccc2nc1NC(CCl)C(C)C. The zero-order valence-corrected chi connectivity index (χ0v) is 11.8. The number of para-hydroxylation sites is 1. The Kier molecular flexibility index (Phi) is 4.07. The lowest BCUT2D eigenvalue weighted by molar-refractivity contribution is 0.562. The molecule has 0 bridgehead atoms. The van der Waals surface area contributed by atoms with Gasteiger partial charge in [-0.3, -0.25) is 0 Å². The molecule has 0 aliphatic heterocycles. The van der Waals surface area contributed by atoms with Crippen LogP contribution < -0.4 is 5.32 Å². The fraction of sp³-hybridized carbons (Fsp3) is 0.400. The lowest BCUT2D eigenvalue weighted by atomic mass is 10.1. The normalized spacial score (nSPS) is 12.9. The molecule has 0 spiro atoms. The van der Waals surface area contributed by atoms with Gasteiger partial charge in [0.15, 0.2) is 0 Å². The van der Waals surface area contributed by atoms with Gasteiger partial charge in [-0.05, 0) is 30.5 Å². The number of pyridine rings is 1. The van der Waals surface area contributed by atoms with Gasteiger partial charge in [0.2, 0.25) is 0 Å². The molecule has 0 saturated heterocycles. The predicted molar refractivity (Wildman–Crippen MR) is 79.4 cm³/mol. The molecule has 2 nitrogen and oxygen atoms in total. The molecule has 96 valence electrons. The van der Waals surface area contributed by atoms with Crippen LogP contribution in [0.2, 0.25) is 0 Å². The van der Waals surface area contributed by atoms with Crippen molar-refractivity contribution in [3.8, 4) is 0 Å². The van der Waals surface area contributed by atoms with Gasteiger partial charge >= 0.3 is 0 Å². The Morgan fingerprint density at radius 2 is 2.00 bits per heavy atom. The summed E-state index contributed by atoms with van der Waals surface area (Å²) in [6.45, 7) is 6.40. The standard InChI is InChI=1S/C15H19ClN2/c1-10(2)14(9-16)18-15-11(3)8-12-6-4-5-7-13(12)17-15/h4-8,10,14H,9H2,1-3H3,(H,17,18). The number of aromatic nitrogens is 1. The van der Waals surface area contributed by atoms with Crippen LogP contribution in [0.25, 0.3) is 10.9 Å². The highest BCUT2D eigenvalue weighted by Gasteiger charge is 2.13. The van der Waals surface area contributed by atoms with E-state index in [1.54, 1.807) is 0 Å². The Hall–Kier alpha value is -1.28. The minimum atomic E-state index is 0.249. The summed E-state index contributed by atoms with van der Waals surface area (Å²) < 4.78 is 0. The third kappa shape index (κ3) is 2.75. The van der Waals surface area contributed by atoms with E-state index in [1.165, 1.54) is 5.39 Å². The second-order valence-corrected chi connectivity index (χ2v) is 5.30. The van der Waals surface area contributed by atoms with E-state index in [1.807, 2.05) is 18.2 Å². The predicted octanol–water partition coefficient (Wildman–Crippen LogP) is 4.22. The maximum atomic E-state index is 5.99. The van der Waals surface area contributed by atoms with Crippen LogP contribution in [0.3, 0.4) is 0 Å². The number of anilines is 1. The molecule has 0 aliphatic carbocycles. The zero-order valence-electron chi connectivity index (χ0n) is 11.1. The van der Waals surface area contributed by atoms with Crippen LogP contribution in [-0.4, -0.2) is 16.9 Å². The summed E-state index contributed by atoms with van der Waals surface area (Å²) in [6, 6.07) is 10.6. The topological polar surface area (TPSA) is 24.9 Å². The first-order chi connectivity index (χ1) is 8.61. The van der Waals surface area contributed by atoms with Gasteiger partial charge in [0.1, 0.15) is 5.82 Å². The summed E-state index contributed by atoms with van der Waals surface area (Å²) in [7, 11) is 0. The molecule has 0 aliphatic rings. The highest BCUT2D eigenvalue weighted by Crippen LogP contribution is 2.21. The average molecular weight is 263 g/mol. The molecule has 1 N–H and O–H groups in total. The number of alkyl halides is 1. The summed E-state index contributed by atoms with van der Waals surface area (Å²) in [5, 5.41) is 4.62. The fourth-order valence-electron chi connectivity index (χ4n) is 1.93. The van der Waals surface area contributed by atoms with Crippen molar-refractivity contribution in [2.24, 2.45) is 5.92 Å². The Bertz CT molecular complexity index is 537. The van der Waals surface area contributed by atoms with Crippen molar-refractivity contribution in [3.63, 3.8) is 0 Å². The summed E-state index contributed by atoms with van der Waals surface area (Å²) >= 11 is 5.99. The number of fused-ring (bicyclic) bond motifs is 1. The maximum Gasteiger partial charge on any atom is 0.129 e. The van der Waals surface area contributed by atoms with Gasteiger partial charge in [0.05, 0.1) is 5.52 Å². The van der Waals surface area contributed by atoms with E-state index in [9.17, 15) is 0 Å². The number of hydrogen-bond acceptors (Lipinski definition) is 2. The number of benzene rings is 1. The number of nitrogens with one attached hydrogen (secondary N) is 1. The summed E-state index contributed by atoms with van der Waals surface area (Å²) in [5.74, 6) is 2.01. The molecule has 3 heteroatoms. The molecular weight excluding hydrogens is 244 g/mol. The van der Waals surface area contributed by atoms with Crippen molar-refractivity contribution in [1.29, 1.82) is 0 Å². The summed E-state index contributed by atoms with van der Waals surface area (Å²) in [6.07, 6.45) is 0. The summed E-state index contributed by atoms with van der Waals surface area (Å²) in [4.78, 5) is 4.68. The van der Waals surface area contributed by atoms with Crippen LogP contribution in [0.4, 0.5) is 5.82 Å². The van der Waals surface area contributed by atoms with E-state index in [0.717, 1.165) is 16.9 Å². The Balaban J connectivity index is 2.35. The lowest BCUT2D eigenvalue weighted by Crippen LogP contribution is -2.28. The van der Waals surface area contributed by atoms with Crippen molar-refractivity contribution in [2.75, 3.05) is 11.2 Å². The third-order valence-corrected chi connectivity index (χ3v) is 3.54. The molecule has 18 heavy (non-hydrogen) atoms. The number of rotatable bonds is 4. The van der Waals surface area contributed by atoms with E-state index in [2.05, 4.69) is 43.2 Å². The van der Waals surface area contributed by atoms with Crippen LogP contribution in [0.1, 0.15) is 19.4 Å². The van der Waals surface area contributed by atoms with Gasteiger partial charge < -0.3 is 5.32 Å². The van der Waals surface area contributed by atoms with E-state index in [0.29, 0.717) is 11.8 Å². The van der Waals surface area contributed by atoms with Crippen LogP contribution in [0.15, 0.2) is 30.3 Å². The van der Waals surface area contributed by atoms with E-state index < -0.39 is 0 Å². The highest BCUT2D eigenvalue weighted by atomic mass is 35.5. The second-order valence-electron chi connectivity index (χ2n) is 5.00. The zero-order chi connectivity index (χ0) is 13.1. The Morgan fingerprint density at radius 1 is 1.28 bits per heavy atom. The quantitative estimate of drug-likeness (QED) is 0.835. The van der Waals surface area contributed by atoms with Gasteiger partial charge in [-0.25, -0.2) is 4.98 Å². The first-order valence-corrected chi connectivity index (χ1v) is 6.84. The fourth-order valence-corrected chi connectivity index (χ4v) is 2.36. The lowest BCUT2D eigenvalue weighted by Gasteiger charge is -2.21. The van der Waals surface area contributed by atoms with Gasteiger partial charge in [-0.2, -0.15) is 0 Å². The number of nitrogens with zero attached hydrogens (tertiary/aromatic N) is 1.